The summed E-state index contributed by atoms with van der Waals surface area (Å²) in [6.45, 7) is 7.72. The average molecular weight is 276 g/mol. The number of nitrogens with one attached hydrogen (secondary N) is 1. The van der Waals surface area contributed by atoms with Gasteiger partial charge in [-0.1, -0.05) is 38.1 Å². The minimum absolute atomic E-state index is 0.120. The Morgan fingerprint density at radius 2 is 2.00 bits per heavy atom. The van der Waals surface area contributed by atoms with E-state index in [4.69, 9.17) is 5.73 Å². The highest BCUT2D eigenvalue weighted by Gasteiger charge is 2.13. The van der Waals surface area contributed by atoms with Crippen molar-refractivity contribution in [1.29, 1.82) is 0 Å². The summed E-state index contributed by atoms with van der Waals surface area (Å²) in [6, 6.07) is 8.29. The summed E-state index contributed by atoms with van der Waals surface area (Å²) in [4.78, 5) is 11.9. The molecule has 3 heteroatoms. The molecule has 3 N–H and O–H groups in total. The summed E-state index contributed by atoms with van der Waals surface area (Å²) in [6.07, 6.45) is 2.44. The Morgan fingerprint density at radius 1 is 1.30 bits per heavy atom. The van der Waals surface area contributed by atoms with Crippen molar-refractivity contribution in [3.05, 3.63) is 35.4 Å². The van der Waals surface area contributed by atoms with Gasteiger partial charge in [-0.05, 0) is 49.3 Å². The minimum atomic E-state index is 0.120. The van der Waals surface area contributed by atoms with E-state index in [1.807, 2.05) is 12.1 Å². The van der Waals surface area contributed by atoms with Crippen LogP contribution in [0.4, 0.5) is 0 Å². The molecule has 0 fully saturated rings. The van der Waals surface area contributed by atoms with Crippen molar-refractivity contribution >= 4 is 5.91 Å². The molecule has 0 saturated carbocycles. The van der Waals surface area contributed by atoms with E-state index >= 15 is 0 Å². The quantitative estimate of drug-likeness (QED) is 0.767. The van der Waals surface area contributed by atoms with Crippen molar-refractivity contribution < 1.29 is 4.79 Å². The average Bonchev–Trinajstić information content (AvgIpc) is 2.39. The van der Waals surface area contributed by atoms with E-state index in [0.717, 1.165) is 12.8 Å². The first-order valence-electron chi connectivity index (χ1n) is 7.54. The summed E-state index contributed by atoms with van der Waals surface area (Å²) < 4.78 is 0. The van der Waals surface area contributed by atoms with Gasteiger partial charge < -0.3 is 11.1 Å². The zero-order valence-corrected chi connectivity index (χ0v) is 13.0. The number of rotatable bonds is 8. The van der Waals surface area contributed by atoms with Crippen LogP contribution in [0, 0.1) is 18.8 Å². The molecular weight excluding hydrogens is 248 g/mol. The third kappa shape index (κ3) is 6.20. The molecule has 1 amide bonds. The number of carbonyl (C=O) groups excluding carboxylic acids is 1. The maximum absolute atomic E-state index is 11.9. The molecule has 1 atom stereocenters. The number of nitrogens with two attached hydrogens (primary N) is 1. The first-order chi connectivity index (χ1) is 9.52. The van der Waals surface area contributed by atoms with Gasteiger partial charge in [0.25, 0.3) is 0 Å². The van der Waals surface area contributed by atoms with Crippen LogP contribution in [0.15, 0.2) is 24.3 Å². The number of carbonyl (C=O) groups is 1. The monoisotopic (exact) mass is 276 g/mol. The number of hydrogen-bond donors (Lipinski definition) is 2. The molecule has 3 nitrogen and oxygen atoms in total. The fourth-order valence-corrected chi connectivity index (χ4v) is 2.49. The van der Waals surface area contributed by atoms with Crippen molar-refractivity contribution in [3.63, 3.8) is 0 Å². The Balaban J connectivity index is 2.31. The molecule has 0 bridgehead atoms. The molecule has 20 heavy (non-hydrogen) atoms. The van der Waals surface area contributed by atoms with Gasteiger partial charge in [0, 0.05) is 13.0 Å². The van der Waals surface area contributed by atoms with Gasteiger partial charge in [0.15, 0.2) is 0 Å². The largest absolute Gasteiger partial charge is 0.356 e. The van der Waals surface area contributed by atoms with Gasteiger partial charge >= 0.3 is 0 Å². The van der Waals surface area contributed by atoms with E-state index < -0.39 is 0 Å². The van der Waals surface area contributed by atoms with Crippen molar-refractivity contribution in [1.82, 2.24) is 5.32 Å². The molecule has 0 aliphatic carbocycles. The van der Waals surface area contributed by atoms with E-state index in [-0.39, 0.29) is 5.91 Å². The second-order valence-electron chi connectivity index (χ2n) is 5.96. The van der Waals surface area contributed by atoms with E-state index in [2.05, 4.69) is 38.2 Å². The van der Waals surface area contributed by atoms with Gasteiger partial charge in [0.05, 0.1) is 0 Å². The zero-order chi connectivity index (χ0) is 15.0. The third-order valence-electron chi connectivity index (χ3n) is 3.59. The van der Waals surface area contributed by atoms with E-state index in [1.54, 1.807) is 0 Å². The highest BCUT2D eigenvalue weighted by atomic mass is 16.1. The molecule has 0 saturated heterocycles. The molecule has 0 unspecified atom stereocenters. The Hall–Kier alpha value is -1.35. The van der Waals surface area contributed by atoms with Gasteiger partial charge in [-0.2, -0.15) is 0 Å². The molecule has 1 rings (SSSR count). The second-order valence-corrected chi connectivity index (χ2v) is 5.96. The molecule has 0 aromatic heterocycles. The number of benzene rings is 1. The SMILES string of the molecule is Cc1ccccc1CCNC(=O)C[C@@H](CN)CC(C)C. The Labute approximate surface area is 122 Å². The van der Waals surface area contributed by atoms with Gasteiger partial charge in [-0.25, -0.2) is 0 Å². The van der Waals surface area contributed by atoms with E-state index in [0.29, 0.717) is 31.3 Å². The van der Waals surface area contributed by atoms with E-state index in [1.165, 1.54) is 11.1 Å². The third-order valence-corrected chi connectivity index (χ3v) is 3.59. The lowest BCUT2D eigenvalue weighted by Crippen LogP contribution is -2.30. The zero-order valence-electron chi connectivity index (χ0n) is 13.0. The summed E-state index contributed by atoms with van der Waals surface area (Å²) in [5.74, 6) is 1.01. The lowest BCUT2D eigenvalue weighted by atomic mass is 9.94. The molecule has 0 heterocycles. The molecule has 1 aromatic rings. The Bertz CT molecular complexity index is 415. The smallest absolute Gasteiger partial charge is 0.220 e. The molecule has 112 valence electrons. The van der Waals surface area contributed by atoms with Crippen LogP contribution in [-0.2, 0) is 11.2 Å². The van der Waals surface area contributed by atoms with Crippen LogP contribution >= 0.6 is 0 Å². The maximum atomic E-state index is 11.9. The highest BCUT2D eigenvalue weighted by Crippen LogP contribution is 2.14. The van der Waals surface area contributed by atoms with E-state index in [9.17, 15) is 4.79 Å². The first kappa shape index (κ1) is 16.7. The van der Waals surface area contributed by atoms with Crippen LogP contribution in [0.5, 0.6) is 0 Å². The van der Waals surface area contributed by atoms with Crippen LogP contribution in [0.2, 0.25) is 0 Å². The number of amides is 1. The summed E-state index contributed by atoms with van der Waals surface area (Å²) in [5.41, 5.74) is 8.30. The van der Waals surface area contributed by atoms with Crippen LogP contribution in [0.1, 0.15) is 37.8 Å². The summed E-state index contributed by atoms with van der Waals surface area (Å²) in [7, 11) is 0. The molecule has 0 aliphatic heterocycles. The molecule has 0 spiro atoms. The molecule has 0 aliphatic rings. The fraction of sp³-hybridized carbons (Fsp3) is 0.588. The summed E-state index contributed by atoms with van der Waals surface area (Å²) in [5, 5.41) is 3.00. The predicted octanol–water partition coefficient (Wildman–Crippen LogP) is 2.66. The Kier molecular flexibility index (Phi) is 7.31. The number of hydrogen-bond acceptors (Lipinski definition) is 2. The fourth-order valence-electron chi connectivity index (χ4n) is 2.49. The standard InChI is InChI=1S/C17H28N2O/c1-13(2)10-15(12-18)11-17(20)19-9-8-16-7-5-4-6-14(16)3/h4-7,13,15H,8-12,18H2,1-3H3,(H,19,20)/t15-/m0/s1. The minimum Gasteiger partial charge on any atom is -0.356 e. The molecule has 1 aromatic carbocycles. The van der Waals surface area contributed by atoms with Crippen LogP contribution in [-0.4, -0.2) is 19.0 Å². The van der Waals surface area contributed by atoms with Gasteiger partial charge in [-0.15, -0.1) is 0 Å². The molecule has 0 radical (unpaired) electrons. The van der Waals surface area contributed by atoms with Gasteiger partial charge in [0.1, 0.15) is 0 Å². The predicted molar refractivity (Wildman–Crippen MR) is 84.5 cm³/mol. The lowest BCUT2D eigenvalue weighted by Gasteiger charge is -2.16. The van der Waals surface area contributed by atoms with Crippen molar-refractivity contribution in [3.8, 4) is 0 Å². The van der Waals surface area contributed by atoms with Gasteiger partial charge in [-0.3, -0.25) is 4.79 Å². The van der Waals surface area contributed by atoms with Crippen molar-refractivity contribution in [2.45, 2.75) is 40.0 Å². The maximum Gasteiger partial charge on any atom is 0.220 e. The van der Waals surface area contributed by atoms with Crippen molar-refractivity contribution in [2.24, 2.45) is 17.6 Å². The topological polar surface area (TPSA) is 55.1 Å². The summed E-state index contributed by atoms with van der Waals surface area (Å²) >= 11 is 0. The van der Waals surface area contributed by atoms with Crippen LogP contribution < -0.4 is 11.1 Å². The van der Waals surface area contributed by atoms with Crippen molar-refractivity contribution in [2.75, 3.05) is 13.1 Å². The Morgan fingerprint density at radius 3 is 2.60 bits per heavy atom. The number of aryl methyl sites for hydroxylation is 1. The molecular formula is C17H28N2O. The second kappa shape index (κ2) is 8.75. The normalized spacial score (nSPS) is 12.4. The van der Waals surface area contributed by atoms with Crippen LogP contribution in [0.3, 0.4) is 0 Å². The lowest BCUT2D eigenvalue weighted by molar-refractivity contribution is -0.122. The first-order valence-corrected chi connectivity index (χ1v) is 7.54. The highest BCUT2D eigenvalue weighted by molar-refractivity contribution is 5.76. The van der Waals surface area contributed by atoms with Gasteiger partial charge in [0.2, 0.25) is 5.91 Å². The van der Waals surface area contributed by atoms with Crippen LogP contribution in [0.25, 0.3) is 0 Å².